The molecule has 6 aromatic carbocycles. The fourth-order valence-corrected chi connectivity index (χ4v) is 5.15. The predicted octanol–water partition coefficient (Wildman–Crippen LogP) is 7.89. The molecule has 0 amide bonds. The van der Waals surface area contributed by atoms with Crippen LogP contribution in [0.5, 0.6) is 0 Å². The summed E-state index contributed by atoms with van der Waals surface area (Å²) in [6, 6.07) is 59.1. The Labute approximate surface area is 253 Å². The van der Waals surface area contributed by atoms with Crippen LogP contribution in [0.15, 0.2) is 146 Å². The molecule has 0 unspecified atom stereocenters. The Balaban J connectivity index is 0.000000145. The molecule has 0 radical (unpaired) electrons. The average molecular weight is 706 g/mol. The van der Waals surface area contributed by atoms with E-state index in [1.54, 1.807) is 0 Å². The second-order valence-electron chi connectivity index (χ2n) is 9.38. The van der Waals surface area contributed by atoms with Crippen molar-refractivity contribution in [2.24, 2.45) is 0 Å². The Morgan fingerprint density at radius 3 is 1.85 bits per heavy atom. The summed E-state index contributed by atoms with van der Waals surface area (Å²) in [6.07, 6.45) is 3.42. The van der Waals surface area contributed by atoms with E-state index in [0.717, 1.165) is 33.6 Å². The van der Waals surface area contributed by atoms with Crippen LogP contribution < -0.4 is 4.57 Å². The van der Waals surface area contributed by atoms with E-state index in [1.807, 2.05) is 83.4 Å². The first kappa shape index (κ1) is 26.5. The molecular formula is C37H24N3Pt+. The summed E-state index contributed by atoms with van der Waals surface area (Å²) in [7, 11) is 0. The van der Waals surface area contributed by atoms with Crippen molar-refractivity contribution >= 4 is 32.8 Å². The summed E-state index contributed by atoms with van der Waals surface area (Å²) in [5.74, 6) is 0. The summed E-state index contributed by atoms with van der Waals surface area (Å²) in [6.45, 7) is 0. The fourth-order valence-electron chi connectivity index (χ4n) is 5.15. The minimum atomic E-state index is 0. The van der Waals surface area contributed by atoms with Crippen molar-refractivity contribution in [2.75, 3.05) is 0 Å². The van der Waals surface area contributed by atoms with Gasteiger partial charge in [-0.05, 0) is 29.3 Å². The van der Waals surface area contributed by atoms with Gasteiger partial charge < -0.3 is 9.13 Å². The molecule has 2 aromatic heterocycles. The number of rotatable bonds is 3. The van der Waals surface area contributed by atoms with Crippen molar-refractivity contribution in [1.29, 1.82) is 0 Å². The zero-order valence-corrected chi connectivity index (χ0v) is 24.3. The molecule has 0 bridgehead atoms. The van der Waals surface area contributed by atoms with Crippen LogP contribution in [0.1, 0.15) is 0 Å². The monoisotopic (exact) mass is 705 g/mol. The fraction of sp³-hybridized carbons (Fsp3) is 0. The number of benzene rings is 6. The van der Waals surface area contributed by atoms with Gasteiger partial charge in [-0.25, -0.2) is 0 Å². The van der Waals surface area contributed by atoms with Gasteiger partial charge in [0, 0.05) is 5.52 Å². The van der Waals surface area contributed by atoms with Crippen LogP contribution in [0.25, 0.3) is 49.9 Å². The topological polar surface area (TPSA) is 13.7 Å². The van der Waals surface area contributed by atoms with E-state index in [2.05, 4.69) is 100 Å². The van der Waals surface area contributed by atoms with E-state index >= 15 is 0 Å². The van der Waals surface area contributed by atoms with Crippen LogP contribution in [-0.4, -0.2) is 9.13 Å². The maximum Gasteiger partial charge on any atom is 4.00 e. The Morgan fingerprint density at radius 2 is 1.10 bits per heavy atom. The van der Waals surface area contributed by atoms with Crippen molar-refractivity contribution in [3.8, 4) is 17.1 Å². The Hall–Kier alpha value is -4.72. The SMILES string of the molecule is [Pt+4].[c-]1ccccc1-n1[c-][n+](-c2ccccc2)c2ccccc21.[c-]1ccccc1-n1c2[c-]cccc2c2ccccc21. The van der Waals surface area contributed by atoms with Crippen molar-refractivity contribution in [2.45, 2.75) is 0 Å². The van der Waals surface area contributed by atoms with Crippen molar-refractivity contribution in [3.05, 3.63) is 170 Å². The quantitative estimate of drug-likeness (QED) is 0.131. The van der Waals surface area contributed by atoms with Gasteiger partial charge in [0.05, 0.1) is 16.7 Å². The van der Waals surface area contributed by atoms with Gasteiger partial charge in [0.2, 0.25) is 0 Å². The molecule has 0 saturated heterocycles. The Bertz CT molecular complexity index is 1920. The minimum Gasteiger partial charge on any atom is -0.358 e. The van der Waals surface area contributed by atoms with Gasteiger partial charge in [-0.3, -0.25) is 4.57 Å². The summed E-state index contributed by atoms with van der Waals surface area (Å²) in [5.41, 5.74) is 7.68. The molecule has 0 fully saturated rings. The van der Waals surface area contributed by atoms with E-state index in [-0.39, 0.29) is 21.1 Å². The van der Waals surface area contributed by atoms with E-state index in [0.29, 0.717) is 0 Å². The minimum absolute atomic E-state index is 0. The summed E-state index contributed by atoms with van der Waals surface area (Å²) < 4.78 is 6.34. The second-order valence-corrected chi connectivity index (χ2v) is 9.38. The first-order chi connectivity index (χ1) is 19.9. The number of aromatic nitrogens is 3. The van der Waals surface area contributed by atoms with Crippen LogP contribution in [0, 0.1) is 24.5 Å². The van der Waals surface area contributed by atoms with Crippen LogP contribution >= 0.6 is 0 Å². The zero-order chi connectivity index (χ0) is 26.7. The molecule has 196 valence electrons. The number of para-hydroxylation sites is 7. The number of hydrogen-bond acceptors (Lipinski definition) is 0. The molecule has 41 heavy (non-hydrogen) atoms. The maximum atomic E-state index is 3.42. The summed E-state index contributed by atoms with van der Waals surface area (Å²) in [4.78, 5) is 0. The third-order valence-electron chi connectivity index (χ3n) is 6.94. The second kappa shape index (κ2) is 11.8. The maximum absolute atomic E-state index is 3.42. The predicted molar refractivity (Wildman–Crippen MR) is 161 cm³/mol. The van der Waals surface area contributed by atoms with Gasteiger partial charge in [-0.15, -0.1) is 11.5 Å². The summed E-state index contributed by atoms with van der Waals surface area (Å²) in [5, 5.41) is 2.49. The largest absolute Gasteiger partial charge is 4.00 e. The molecule has 8 rings (SSSR count). The van der Waals surface area contributed by atoms with E-state index in [4.69, 9.17) is 0 Å². The van der Waals surface area contributed by atoms with Crippen LogP contribution in [-0.2, 0) is 21.1 Å². The number of nitrogens with zero attached hydrogens (tertiary/aromatic N) is 3. The number of hydrogen-bond donors (Lipinski definition) is 0. The van der Waals surface area contributed by atoms with Crippen LogP contribution in [0.3, 0.4) is 0 Å². The standard InChI is InChI=1S/C19H13N2.C18H11N.Pt/c1-3-9-16(10-4-1)20-15-21(17-11-5-2-6-12-17)19-14-8-7-13-18(19)20;1-2-8-14(9-3-1)19-17-12-6-4-10-15(17)16-11-5-7-13-18(16)19;/h1-11,13-14H;1-8,10-12H;/q-1;-2;+4. The molecule has 8 aromatic rings. The van der Waals surface area contributed by atoms with E-state index < -0.39 is 0 Å². The molecule has 0 atom stereocenters. The molecule has 0 N–H and O–H groups in total. The molecule has 0 spiro atoms. The number of fused-ring (bicyclic) bond motifs is 4. The van der Waals surface area contributed by atoms with Gasteiger partial charge in [-0.2, -0.15) is 78.9 Å². The van der Waals surface area contributed by atoms with E-state index in [9.17, 15) is 0 Å². The molecule has 0 aliphatic heterocycles. The van der Waals surface area contributed by atoms with Crippen molar-refractivity contribution in [3.63, 3.8) is 0 Å². The molecule has 0 saturated carbocycles. The zero-order valence-electron chi connectivity index (χ0n) is 22.0. The van der Waals surface area contributed by atoms with Crippen molar-refractivity contribution < 1.29 is 25.6 Å². The molecule has 2 heterocycles. The normalized spacial score (nSPS) is 10.7. The van der Waals surface area contributed by atoms with Crippen LogP contribution in [0.2, 0.25) is 0 Å². The third-order valence-corrected chi connectivity index (χ3v) is 6.94. The van der Waals surface area contributed by atoms with Gasteiger partial charge in [-0.1, -0.05) is 71.9 Å². The number of imidazole rings is 1. The Kier molecular flexibility index (Phi) is 7.62. The smallest absolute Gasteiger partial charge is 0.358 e. The Morgan fingerprint density at radius 1 is 0.488 bits per heavy atom. The van der Waals surface area contributed by atoms with Gasteiger partial charge >= 0.3 is 21.1 Å². The molecule has 0 aliphatic carbocycles. The molecular weight excluding hydrogens is 682 g/mol. The molecule has 4 heteroatoms. The van der Waals surface area contributed by atoms with Gasteiger partial charge in [0.25, 0.3) is 6.33 Å². The average Bonchev–Trinajstić information content (AvgIpc) is 3.59. The third kappa shape index (κ3) is 5.01. The van der Waals surface area contributed by atoms with Crippen LogP contribution in [0.4, 0.5) is 0 Å². The molecule has 3 nitrogen and oxygen atoms in total. The van der Waals surface area contributed by atoms with Crippen molar-refractivity contribution in [1.82, 2.24) is 9.13 Å². The first-order valence-electron chi connectivity index (χ1n) is 13.2. The van der Waals surface area contributed by atoms with E-state index in [1.165, 1.54) is 16.3 Å². The van der Waals surface area contributed by atoms with Gasteiger partial charge in [0.15, 0.2) is 0 Å². The van der Waals surface area contributed by atoms with Gasteiger partial charge in [0.1, 0.15) is 0 Å². The molecule has 0 aliphatic rings. The summed E-state index contributed by atoms with van der Waals surface area (Å²) >= 11 is 0. The first-order valence-corrected chi connectivity index (χ1v) is 13.2.